The van der Waals surface area contributed by atoms with Crippen molar-refractivity contribution in [1.82, 2.24) is 14.1 Å². The van der Waals surface area contributed by atoms with Crippen LogP contribution < -0.4 is 5.69 Å². The van der Waals surface area contributed by atoms with Gasteiger partial charge in [0, 0.05) is 5.69 Å². The van der Waals surface area contributed by atoms with Gasteiger partial charge in [0.05, 0.1) is 22.9 Å². The number of aromatic nitrogens is 3. The lowest BCUT2D eigenvalue weighted by molar-refractivity contribution is 0.0538. The molecule has 6 nitrogen and oxygen atoms in total. The summed E-state index contributed by atoms with van der Waals surface area (Å²) in [5, 5.41) is 0. The number of benzene rings is 1. The average molecular weight is 339 g/mol. The zero-order chi connectivity index (χ0) is 18.4. The molecule has 0 aliphatic rings. The number of aryl methyl sites for hydroxylation is 2. The summed E-state index contributed by atoms with van der Waals surface area (Å²) in [6.45, 7) is 9.14. The van der Waals surface area contributed by atoms with Crippen LogP contribution in [0.1, 0.15) is 32.0 Å². The highest BCUT2D eigenvalue weighted by Crippen LogP contribution is 2.20. The Kier molecular flexibility index (Phi) is 3.99. The fourth-order valence-electron chi connectivity index (χ4n) is 2.63. The van der Waals surface area contributed by atoms with Gasteiger partial charge in [-0.25, -0.2) is 9.59 Å². The molecule has 3 aromatic rings. The Morgan fingerprint density at radius 3 is 2.36 bits per heavy atom. The van der Waals surface area contributed by atoms with Gasteiger partial charge in [0.15, 0.2) is 0 Å². The minimum atomic E-state index is -0.693. The molecule has 2 heterocycles. The molecule has 2 aromatic heterocycles. The minimum absolute atomic E-state index is 0.472. The molecule has 25 heavy (non-hydrogen) atoms. The maximum absolute atomic E-state index is 13.0. The highest BCUT2D eigenvalue weighted by atomic mass is 16.6. The highest BCUT2D eigenvalue weighted by molar-refractivity contribution is 5.88. The first-order valence-corrected chi connectivity index (χ1v) is 8.08. The first-order chi connectivity index (χ1) is 11.7. The molecule has 130 valence electrons. The Hall–Kier alpha value is -2.89. The van der Waals surface area contributed by atoms with Crippen LogP contribution in [0.2, 0.25) is 0 Å². The second-order valence-corrected chi connectivity index (χ2v) is 7.02. The smallest absolute Gasteiger partial charge is 0.423 e. The van der Waals surface area contributed by atoms with Crippen molar-refractivity contribution in [1.29, 1.82) is 0 Å². The van der Waals surface area contributed by atoms with Crippen molar-refractivity contribution in [2.45, 2.75) is 40.2 Å². The third-order valence-corrected chi connectivity index (χ3v) is 3.91. The molecule has 6 heteroatoms. The van der Waals surface area contributed by atoms with Gasteiger partial charge in [0.1, 0.15) is 5.60 Å². The van der Waals surface area contributed by atoms with Crippen molar-refractivity contribution < 1.29 is 9.53 Å². The van der Waals surface area contributed by atoms with Crippen molar-refractivity contribution in [2.24, 2.45) is 0 Å². The summed E-state index contributed by atoms with van der Waals surface area (Å²) in [5.74, 6) is 0. The third-order valence-electron chi connectivity index (χ3n) is 3.91. The van der Waals surface area contributed by atoms with Crippen molar-refractivity contribution in [3.05, 3.63) is 58.3 Å². The molecule has 0 radical (unpaired) electrons. The fourth-order valence-corrected chi connectivity index (χ4v) is 2.63. The Bertz CT molecular complexity index is 1020. The van der Waals surface area contributed by atoms with Crippen molar-refractivity contribution in [3.8, 4) is 5.69 Å². The molecule has 0 aliphatic heterocycles. The highest BCUT2D eigenvalue weighted by Gasteiger charge is 2.24. The molecule has 0 fully saturated rings. The number of rotatable bonds is 1. The largest absolute Gasteiger partial charge is 0.443 e. The maximum Gasteiger partial charge on any atom is 0.423 e. The monoisotopic (exact) mass is 339 g/mol. The van der Waals surface area contributed by atoms with Gasteiger partial charge in [0.25, 0.3) is 0 Å². The minimum Gasteiger partial charge on any atom is -0.443 e. The van der Waals surface area contributed by atoms with Crippen LogP contribution in [0.15, 0.2) is 41.3 Å². The first kappa shape index (κ1) is 17.0. The average Bonchev–Trinajstić information content (AvgIpc) is 2.80. The second-order valence-electron chi connectivity index (χ2n) is 7.02. The lowest BCUT2D eigenvalue weighted by Crippen LogP contribution is -2.34. The van der Waals surface area contributed by atoms with Gasteiger partial charge in [-0.3, -0.25) is 9.55 Å². The quantitative estimate of drug-likeness (QED) is 0.679. The van der Waals surface area contributed by atoms with Crippen LogP contribution in [0.4, 0.5) is 4.79 Å². The molecule has 0 saturated carbocycles. The Labute approximate surface area is 145 Å². The van der Waals surface area contributed by atoms with E-state index in [-0.39, 0.29) is 0 Å². The van der Waals surface area contributed by atoms with E-state index in [1.165, 1.54) is 4.57 Å². The molecule has 0 N–H and O–H groups in total. The Morgan fingerprint density at radius 1 is 1.12 bits per heavy atom. The standard InChI is InChI=1S/C19H21N3O3/c1-12-10-14(11-20-13(12)2)21-15-8-6-7-9-16(15)22(17(21)23)18(24)25-19(3,4)5/h6-11H,1-5H3. The van der Waals surface area contributed by atoms with Gasteiger partial charge in [-0.1, -0.05) is 12.1 Å². The van der Waals surface area contributed by atoms with Gasteiger partial charge in [0.2, 0.25) is 0 Å². The van der Waals surface area contributed by atoms with E-state index in [0.717, 1.165) is 15.8 Å². The van der Waals surface area contributed by atoms with E-state index in [4.69, 9.17) is 4.74 Å². The zero-order valence-corrected chi connectivity index (χ0v) is 15.0. The number of imidazole rings is 1. The van der Waals surface area contributed by atoms with Gasteiger partial charge < -0.3 is 4.74 Å². The second kappa shape index (κ2) is 5.88. The summed E-state index contributed by atoms with van der Waals surface area (Å²) in [7, 11) is 0. The van der Waals surface area contributed by atoms with Crippen LogP contribution in [0.5, 0.6) is 0 Å². The fraction of sp³-hybridized carbons (Fsp3) is 0.316. The van der Waals surface area contributed by atoms with Gasteiger partial charge >= 0.3 is 11.8 Å². The summed E-state index contributed by atoms with van der Waals surface area (Å²) < 4.78 is 7.95. The molecular formula is C19H21N3O3. The lowest BCUT2D eigenvalue weighted by atomic mass is 10.2. The molecule has 0 atom stereocenters. The number of nitrogens with zero attached hydrogens (tertiary/aromatic N) is 3. The molecule has 1 aromatic carbocycles. The van der Waals surface area contributed by atoms with Crippen molar-refractivity contribution in [2.75, 3.05) is 0 Å². The predicted molar refractivity (Wildman–Crippen MR) is 96.4 cm³/mol. The van der Waals surface area contributed by atoms with Crippen LogP contribution in [0, 0.1) is 13.8 Å². The van der Waals surface area contributed by atoms with Crippen LogP contribution in [0.3, 0.4) is 0 Å². The van der Waals surface area contributed by atoms with Crippen LogP contribution in [-0.2, 0) is 4.74 Å². The number of para-hydroxylation sites is 2. The van der Waals surface area contributed by atoms with Gasteiger partial charge in [-0.15, -0.1) is 0 Å². The van der Waals surface area contributed by atoms with E-state index in [0.29, 0.717) is 16.7 Å². The van der Waals surface area contributed by atoms with Crippen molar-refractivity contribution >= 4 is 17.1 Å². The van der Waals surface area contributed by atoms with E-state index in [1.54, 1.807) is 45.2 Å². The molecule has 0 bridgehead atoms. The number of carbonyl (C=O) groups excluding carboxylic acids is 1. The number of hydrogen-bond acceptors (Lipinski definition) is 4. The third kappa shape index (κ3) is 3.07. The Balaban J connectivity index is 2.28. The number of fused-ring (bicyclic) bond motifs is 1. The van der Waals surface area contributed by atoms with Crippen molar-refractivity contribution in [3.63, 3.8) is 0 Å². The molecule has 0 unspecified atom stereocenters. The lowest BCUT2D eigenvalue weighted by Gasteiger charge is -2.19. The van der Waals surface area contributed by atoms with E-state index < -0.39 is 17.4 Å². The van der Waals surface area contributed by atoms with Crippen LogP contribution >= 0.6 is 0 Å². The maximum atomic E-state index is 13.0. The summed E-state index contributed by atoms with van der Waals surface area (Å²) in [4.78, 5) is 29.9. The number of pyridine rings is 1. The summed E-state index contributed by atoms with van der Waals surface area (Å²) in [6.07, 6.45) is 0.944. The van der Waals surface area contributed by atoms with E-state index in [9.17, 15) is 9.59 Å². The summed E-state index contributed by atoms with van der Waals surface area (Å²) >= 11 is 0. The number of hydrogen-bond donors (Lipinski definition) is 0. The molecule has 0 spiro atoms. The van der Waals surface area contributed by atoms with Crippen LogP contribution in [-0.4, -0.2) is 25.8 Å². The number of carbonyl (C=O) groups is 1. The topological polar surface area (TPSA) is 66.1 Å². The molecule has 0 amide bonds. The predicted octanol–water partition coefficient (Wildman–Crippen LogP) is 3.59. The number of ether oxygens (including phenoxy) is 1. The van der Waals surface area contributed by atoms with Gasteiger partial charge in [-0.05, 0) is 58.4 Å². The van der Waals surface area contributed by atoms with E-state index >= 15 is 0 Å². The first-order valence-electron chi connectivity index (χ1n) is 8.08. The van der Waals surface area contributed by atoms with Gasteiger partial charge in [-0.2, -0.15) is 4.57 Å². The molecule has 0 saturated heterocycles. The Morgan fingerprint density at radius 2 is 1.76 bits per heavy atom. The van der Waals surface area contributed by atoms with Crippen LogP contribution in [0.25, 0.3) is 16.7 Å². The molecule has 0 aliphatic carbocycles. The zero-order valence-electron chi connectivity index (χ0n) is 15.0. The molecular weight excluding hydrogens is 318 g/mol. The SMILES string of the molecule is Cc1cc(-n2c(=O)n(C(=O)OC(C)(C)C)c3ccccc32)cnc1C. The van der Waals surface area contributed by atoms with E-state index in [1.807, 2.05) is 26.0 Å². The summed E-state index contributed by atoms with van der Waals surface area (Å²) in [5.41, 5.74) is 2.45. The van der Waals surface area contributed by atoms with E-state index in [2.05, 4.69) is 4.98 Å². The normalized spacial score (nSPS) is 11.7. The molecule has 3 rings (SSSR count). The summed E-state index contributed by atoms with van der Waals surface area (Å²) in [6, 6.07) is 9.02.